The van der Waals surface area contributed by atoms with Crippen LogP contribution in [0.4, 0.5) is 0 Å². The van der Waals surface area contributed by atoms with Crippen molar-refractivity contribution in [3.63, 3.8) is 0 Å². The molecule has 3 heteroatoms. The van der Waals surface area contributed by atoms with Crippen molar-refractivity contribution in [3.8, 4) is 0 Å². The molecule has 2 atom stereocenters. The molecule has 0 aromatic heterocycles. The zero-order valence-corrected chi connectivity index (χ0v) is 13.6. The average molecular weight is 281 g/mol. The highest BCUT2D eigenvalue weighted by atomic mass is 32.2. The summed E-state index contributed by atoms with van der Waals surface area (Å²) in [5, 5.41) is 13.6. The minimum Gasteiger partial charge on any atom is -0.394 e. The highest BCUT2D eigenvalue weighted by Crippen LogP contribution is 2.30. The molecule has 19 heavy (non-hydrogen) atoms. The monoisotopic (exact) mass is 281 g/mol. The summed E-state index contributed by atoms with van der Waals surface area (Å²) in [6, 6.07) is 8.85. The van der Waals surface area contributed by atoms with Gasteiger partial charge < -0.3 is 10.4 Å². The zero-order valence-electron chi connectivity index (χ0n) is 12.7. The second kappa shape index (κ2) is 7.32. The summed E-state index contributed by atoms with van der Waals surface area (Å²) in [6.07, 6.45) is 0.945. The fourth-order valence-electron chi connectivity index (χ4n) is 2.45. The Labute approximate surface area is 122 Å². The Hall–Kier alpha value is -0.510. The minimum absolute atomic E-state index is 0.170. The number of nitrogens with one attached hydrogen (secondary N) is 1. The van der Waals surface area contributed by atoms with Gasteiger partial charge in [0.25, 0.3) is 0 Å². The van der Waals surface area contributed by atoms with Gasteiger partial charge in [0.05, 0.1) is 6.61 Å². The van der Waals surface area contributed by atoms with E-state index in [0.717, 1.165) is 6.42 Å². The molecule has 108 valence electrons. The van der Waals surface area contributed by atoms with Gasteiger partial charge in [0.2, 0.25) is 0 Å². The van der Waals surface area contributed by atoms with E-state index in [1.165, 1.54) is 10.5 Å². The third-order valence-corrected chi connectivity index (χ3v) is 4.43. The molecule has 0 saturated heterocycles. The van der Waals surface area contributed by atoms with Crippen LogP contribution in [-0.4, -0.2) is 28.5 Å². The van der Waals surface area contributed by atoms with E-state index < -0.39 is 0 Å². The Kier molecular flexibility index (Phi) is 6.37. The number of aliphatic hydroxyl groups is 1. The number of rotatable bonds is 7. The molecule has 0 radical (unpaired) electrons. The Morgan fingerprint density at radius 1 is 1.26 bits per heavy atom. The molecule has 0 amide bonds. The van der Waals surface area contributed by atoms with E-state index >= 15 is 0 Å². The Morgan fingerprint density at radius 2 is 1.89 bits per heavy atom. The van der Waals surface area contributed by atoms with Crippen LogP contribution in [0, 0.1) is 6.92 Å². The molecule has 0 aliphatic rings. The second-order valence-electron chi connectivity index (χ2n) is 5.92. The first kappa shape index (κ1) is 16.5. The molecule has 0 bridgehead atoms. The topological polar surface area (TPSA) is 32.3 Å². The smallest absolute Gasteiger partial charge is 0.0611 e. The van der Waals surface area contributed by atoms with Crippen LogP contribution in [-0.2, 0) is 0 Å². The maximum Gasteiger partial charge on any atom is 0.0611 e. The largest absolute Gasteiger partial charge is 0.394 e. The van der Waals surface area contributed by atoms with Gasteiger partial charge in [0, 0.05) is 21.7 Å². The van der Waals surface area contributed by atoms with Gasteiger partial charge in [-0.25, -0.2) is 0 Å². The van der Waals surface area contributed by atoms with Crippen LogP contribution in [0.25, 0.3) is 0 Å². The second-order valence-corrected chi connectivity index (χ2v) is 7.40. The highest BCUT2D eigenvalue weighted by molar-refractivity contribution is 8.00. The van der Waals surface area contributed by atoms with Gasteiger partial charge in [0.15, 0.2) is 0 Å². The van der Waals surface area contributed by atoms with Crippen molar-refractivity contribution in [1.82, 2.24) is 5.32 Å². The Balaban J connectivity index is 2.63. The van der Waals surface area contributed by atoms with E-state index in [2.05, 4.69) is 64.2 Å². The third kappa shape index (κ3) is 5.55. The summed E-state index contributed by atoms with van der Waals surface area (Å²) in [5.74, 6) is 0. The molecule has 1 aromatic carbocycles. The van der Waals surface area contributed by atoms with Crippen molar-refractivity contribution in [1.29, 1.82) is 0 Å². The fraction of sp³-hybridized carbons (Fsp3) is 0.625. The molecule has 0 saturated carbocycles. The summed E-state index contributed by atoms with van der Waals surface area (Å²) in [7, 11) is 0. The zero-order chi connectivity index (χ0) is 14.5. The van der Waals surface area contributed by atoms with Crippen molar-refractivity contribution in [2.45, 2.75) is 62.8 Å². The number of hydrogen-bond acceptors (Lipinski definition) is 3. The number of hydrogen-bond donors (Lipinski definition) is 2. The van der Waals surface area contributed by atoms with Crippen LogP contribution in [0.2, 0.25) is 0 Å². The van der Waals surface area contributed by atoms with Crippen molar-refractivity contribution in [2.24, 2.45) is 0 Å². The lowest BCUT2D eigenvalue weighted by molar-refractivity contribution is 0.157. The lowest BCUT2D eigenvalue weighted by Crippen LogP contribution is -2.50. The highest BCUT2D eigenvalue weighted by Gasteiger charge is 2.26. The van der Waals surface area contributed by atoms with Gasteiger partial charge >= 0.3 is 0 Å². The van der Waals surface area contributed by atoms with E-state index in [9.17, 15) is 5.11 Å². The first-order chi connectivity index (χ1) is 8.86. The maximum atomic E-state index is 9.63. The van der Waals surface area contributed by atoms with Crippen LogP contribution in [0.1, 0.15) is 39.7 Å². The number of benzene rings is 1. The fourth-order valence-corrected chi connectivity index (χ4v) is 3.74. The molecular formula is C16H27NOS. The molecule has 0 fully saturated rings. The molecule has 0 aliphatic heterocycles. The quantitative estimate of drug-likeness (QED) is 0.749. The molecule has 1 aromatic rings. The van der Waals surface area contributed by atoms with E-state index in [1.807, 2.05) is 11.8 Å². The molecule has 2 unspecified atom stereocenters. The first-order valence-corrected chi connectivity index (χ1v) is 7.85. The summed E-state index contributed by atoms with van der Waals surface area (Å²) in [5.41, 5.74) is 1.12. The third-order valence-electron chi connectivity index (χ3n) is 3.15. The number of aryl methyl sites for hydroxylation is 1. The molecule has 0 aliphatic carbocycles. The van der Waals surface area contributed by atoms with Gasteiger partial charge in [-0.05, 0) is 31.9 Å². The van der Waals surface area contributed by atoms with Gasteiger partial charge in [-0.3, -0.25) is 0 Å². The lowest BCUT2D eigenvalue weighted by atomic mass is 9.96. The molecule has 1 rings (SSSR count). The standard InChI is InChI=1S/C16H27NOS/c1-12(2)17-16(5,11-18)10-14(4)19-15-9-7-6-8-13(15)3/h6-9,12,14,17-18H,10-11H2,1-5H3. The molecule has 0 spiro atoms. The van der Waals surface area contributed by atoms with E-state index in [1.54, 1.807) is 0 Å². The van der Waals surface area contributed by atoms with Crippen LogP contribution >= 0.6 is 11.8 Å². The van der Waals surface area contributed by atoms with E-state index in [0.29, 0.717) is 11.3 Å². The van der Waals surface area contributed by atoms with Crippen LogP contribution in [0.15, 0.2) is 29.2 Å². The van der Waals surface area contributed by atoms with Gasteiger partial charge in [-0.1, -0.05) is 39.0 Å². The van der Waals surface area contributed by atoms with Gasteiger partial charge in [0.1, 0.15) is 0 Å². The average Bonchev–Trinajstić information content (AvgIpc) is 2.31. The van der Waals surface area contributed by atoms with Crippen molar-refractivity contribution in [3.05, 3.63) is 29.8 Å². The SMILES string of the molecule is Cc1ccccc1SC(C)CC(C)(CO)NC(C)C. The lowest BCUT2D eigenvalue weighted by Gasteiger charge is -2.33. The van der Waals surface area contributed by atoms with Crippen molar-refractivity contribution in [2.75, 3.05) is 6.61 Å². The summed E-state index contributed by atoms with van der Waals surface area (Å²) >= 11 is 1.89. The first-order valence-electron chi connectivity index (χ1n) is 6.97. The normalized spacial score (nSPS) is 16.4. The van der Waals surface area contributed by atoms with Crippen LogP contribution in [0.3, 0.4) is 0 Å². The number of thioether (sulfide) groups is 1. The van der Waals surface area contributed by atoms with Gasteiger partial charge in [-0.15, -0.1) is 11.8 Å². The van der Waals surface area contributed by atoms with Crippen LogP contribution < -0.4 is 5.32 Å². The van der Waals surface area contributed by atoms with Crippen molar-refractivity contribution < 1.29 is 5.11 Å². The van der Waals surface area contributed by atoms with Gasteiger partial charge in [-0.2, -0.15) is 0 Å². The van der Waals surface area contributed by atoms with E-state index in [4.69, 9.17) is 0 Å². The maximum absolute atomic E-state index is 9.63. The predicted octanol–water partition coefficient (Wildman–Crippen LogP) is 3.61. The summed E-state index contributed by atoms with van der Waals surface area (Å²) < 4.78 is 0. The molecule has 2 N–H and O–H groups in total. The Bertz CT molecular complexity index is 394. The number of aliphatic hydroxyl groups excluding tert-OH is 1. The Morgan fingerprint density at radius 3 is 2.42 bits per heavy atom. The minimum atomic E-state index is -0.205. The molecule has 0 heterocycles. The molecule has 2 nitrogen and oxygen atoms in total. The predicted molar refractivity (Wildman–Crippen MR) is 84.9 cm³/mol. The summed E-state index contributed by atoms with van der Waals surface area (Å²) in [4.78, 5) is 1.33. The van der Waals surface area contributed by atoms with Crippen LogP contribution in [0.5, 0.6) is 0 Å². The van der Waals surface area contributed by atoms with E-state index in [-0.39, 0.29) is 12.1 Å². The summed E-state index contributed by atoms with van der Waals surface area (Å²) in [6.45, 7) is 10.9. The van der Waals surface area contributed by atoms with Crippen molar-refractivity contribution >= 4 is 11.8 Å². The molecular weight excluding hydrogens is 254 g/mol.